The van der Waals surface area contributed by atoms with Crippen molar-refractivity contribution in [2.45, 2.75) is 64.6 Å². The number of amidine groups is 1. The number of hydrogen-bond donors (Lipinski definition) is 1. The van der Waals surface area contributed by atoms with Gasteiger partial charge in [0.2, 0.25) is 5.91 Å². The van der Waals surface area contributed by atoms with Crippen LogP contribution in [-0.4, -0.2) is 81.8 Å². The SMILES string of the molecule is CCOc1cc(C(C)(C)C)ncc1C1=N[C@@](C)(c2ccc(Cl)cc2)[C@@](C)(c2ccc(Cl)cc2)N1C(=O)N1CCN(CC(=O)NCc2ccncc2)CC1. The summed E-state index contributed by atoms with van der Waals surface area (Å²) in [5.74, 6) is 0.990. The van der Waals surface area contributed by atoms with E-state index in [1.807, 2.05) is 83.5 Å². The number of urea groups is 1. The standard InChI is InChI=1S/C41H47Cl2N7O3/c1-7-53-34-24-35(39(2,3)4)45-26-33(34)37-47-40(5,29-8-12-31(42)13-9-29)41(6,30-10-14-32(43)15-11-30)50(37)38(52)49-22-20-48(21-23-49)27-36(51)46-25-28-16-18-44-19-17-28/h8-19,24,26H,7,20-23,25,27H2,1-6H3,(H,46,51)/t40-,41+/m0/s1. The maximum absolute atomic E-state index is 15.3. The summed E-state index contributed by atoms with van der Waals surface area (Å²) in [6, 6.07) is 20.7. The number of rotatable bonds is 9. The first kappa shape index (κ1) is 38.2. The summed E-state index contributed by atoms with van der Waals surface area (Å²) in [6.07, 6.45) is 5.20. The Labute approximate surface area is 322 Å². The molecule has 0 radical (unpaired) electrons. The molecule has 4 heterocycles. The van der Waals surface area contributed by atoms with Crippen LogP contribution in [0.2, 0.25) is 10.0 Å². The second-order valence-electron chi connectivity index (χ2n) is 14.9. The van der Waals surface area contributed by atoms with Crippen LogP contribution < -0.4 is 10.1 Å². The van der Waals surface area contributed by atoms with Crippen LogP contribution in [-0.2, 0) is 27.8 Å². The molecule has 2 atom stereocenters. The lowest BCUT2D eigenvalue weighted by molar-refractivity contribution is -0.122. The molecule has 1 fully saturated rings. The highest BCUT2D eigenvalue weighted by molar-refractivity contribution is 6.30. The molecule has 1 saturated heterocycles. The Morgan fingerprint density at radius 3 is 2.08 bits per heavy atom. The van der Waals surface area contributed by atoms with E-state index in [2.05, 4.69) is 49.8 Å². The zero-order chi connectivity index (χ0) is 38.0. The molecule has 2 aliphatic heterocycles. The topological polar surface area (TPSA) is 103 Å². The van der Waals surface area contributed by atoms with E-state index >= 15 is 4.79 Å². The Morgan fingerprint density at radius 2 is 1.49 bits per heavy atom. The number of carbonyl (C=O) groups excluding carboxylic acids is 2. The molecular formula is C41H47Cl2N7O3. The molecule has 0 saturated carbocycles. The van der Waals surface area contributed by atoms with Gasteiger partial charge in [-0.05, 0) is 73.9 Å². The first-order chi connectivity index (χ1) is 25.2. The van der Waals surface area contributed by atoms with Gasteiger partial charge in [0, 0.05) is 78.5 Å². The fraction of sp³-hybridized carbons (Fsp3) is 0.390. The highest BCUT2D eigenvalue weighted by Crippen LogP contribution is 2.54. The van der Waals surface area contributed by atoms with Crippen LogP contribution in [0, 0.1) is 0 Å². The van der Waals surface area contributed by atoms with Crippen molar-refractivity contribution in [2.75, 3.05) is 39.3 Å². The third-order valence-electron chi connectivity index (χ3n) is 10.4. The summed E-state index contributed by atoms with van der Waals surface area (Å²) in [6.45, 7) is 15.4. The molecule has 1 N–H and O–H groups in total. The summed E-state index contributed by atoms with van der Waals surface area (Å²) in [4.78, 5) is 48.3. The third kappa shape index (κ3) is 7.77. The quantitative estimate of drug-likeness (QED) is 0.191. The van der Waals surface area contributed by atoms with Gasteiger partial charge in [-0.2, -0.15) is 0 Å². The molecule has 0 bridgehead atoms. The number of nitrogens with zero attached hydrogens (tertiary/aromatic N) is 6. The van der Waals surface area contributed by atoms with Gasteiger partial charge in [-0.25, -0.2) is 4.79 Å². The van der Waals surface area contributed by atoms with Crippen molar-refractivity contribution >= 4 is 41.0 Å². The first-order valence-corrected chi connectivity index (χ1v) is 18.7. The molecule has 0 spiro atoms. The van der Waals surface area contributed by atoms with Crippen LogP contribution in [0.15, 0.2) is 90.3 Å². The van der Waals surface area contributed by atoms with E-state index in [0.717, 1.165) is 22.4 Å². The number of carbonyl (C=O) groups is 2. The number of nitrogens with one attached hydrogen (secondary N) is 1. The van der Waals surface area contributed by atoms with E-state index in [1.54, 1.807) is 18.6 Å². The number of amides is 3. The monoisotopic (exact) mass is 755 g/mol. The molecule has 2 aliphatic rings. The first-order valence-electron chi connectivity index (χ1n) is 18.0. The normalized spacial score (nSPS) is 20.6. The molecule has 6 rings (SSSR count). The third-order valence-corrected chi connectivity index (χ3v) is 10.9. The van der Waals surface area contributed by atoms with Gasteiger partial charge in [0.25, 0.3) is 0 Å². The van der Waals surface area contributed by atoms with Gasteiger partial charge in [0.1, 0.15) is 22.7 Å². The lowest BCUT2D eigenvalue weighted by atomic mass is 9.71. The maximum atomic E-state index is 15.3. The second-order valence-corrected chi connectivity index (χ2v) is 15.7. The molecule has 2 aromatic carbocycles. The van der Waals surface area contributed by atoms with Crippen molar-refractivity contribution in [1.82, 2.24) is 30.0 Å². The van der Waals surface area contributed by atoms with Crippen molar-refractivity contribution in [3.63, 3.8) is 0 Å². The predicted octanol–water partition coefficient (Wildman–Crippen LogP) is 7.43. The van der Waals surface area contributed by atoms with E-state index in [0.29, 0.717) is 66.5 Å². The fourth-order valence-electron chi connectivity index (χ4n) is 7.06. The van der Waals surface area contributed by atoms with E-state index in [9.17, 15) is 4.79 Å². The van der Waals surface area contributed by atoms with E-state index in [1.165, 1.54) is 0 Å². The van der Waals surface area contributed by atoms with Gasteiger partial charge >= 0.3 is 6.03 Å². The molecule has 4 aromatic rings. The molecule has 0 unspecified atom stereocenters. The Kier molecular flexibility index (Phi) is 11.1. The van der Waals surface area contributed by atoms with E-state index in [-0.39, 0.29) is 23.9 Å². The zero-order valence-electron chi connectivity index (χ0n) is 31.2. The van der Waals surface area contributed by atoms with Gasteiger partial charge in [-0.15, -0.1) is 0 Å². The minimum atomic E-state index is -1.05. The smallest absolute Gasteiger partial charge is 0.326 e. The van der Waals surface area contributed by atoms with Crippen LogP contribution in [0.25, 0.3) is 0 Å². The minimum Gasteiger partial charge on any atom is -0.493 e. The average Bonchev–Trinajstić information content (AvgIpc) is 3.39. The maximum Gasteiger partial charge on any atom is 0.326 e. The van der Waals surface area contributed by atoms with Gasteiger partial charge in [-0.1, -0.05) is 68.2 Å². The van der Waals surface area contributed by atoms with E-state index < -0.39 is 11.1 Å². The molecule has 12 heteroatoms. The van der Waals surface area contributed by atoms with Crippen molar-refractivity contribution in [1.29, 1.82) is 0 Å². The Balaban J connectivity index is 1.38. The Hall–Kier alpha value is -4.51. The van der Waals surface area contributed by atoms with Gasteiger partial charge < -0.3 is 15.0 Å². The molecule has 278 valence electrons. The summed E-state index contributed by atoms with van der Waals surface area (Å²) in [5, 5.41) is 4.18. The molecule has 53 heavy (non-hydrogen) atoms. The number of hydrogen-bond acceptors (Lipinski definition) is 7. The zero-order valence-corrected chi connectivity index (χ0v) is 32.7. The molecule has 0 aliphatic carbocycles. The van der Waals surface area contributed by atoms with Crippen LogP contribution >= 0.6 is 23.2 Å². The molecule has 3 amide bonds. The number of aliphatic imine (C=N–C) groups is 1. The number of piperazine rings is 1. The Morgan fingerprint density at radius 1 is 0.887 bits per heavy atom. The summed E-state index contributed by atoms with van der Waals surface area (Å²) < 4.78 is 6.28. The predicted molar refractivity (Wildman–Crippen MR) is 210 cm³/mol. The Bertz CT molecular complexity index is 1960. The van der Waals surface area contributed by atoms with Crippen molar-refractivity contribution in [3.05, 3.63) is 123 Å². The van der Waals surface area contributed by atoms with E-state index in [4.69, 9.17) is 37.9 Å². The minimum absolute atomic E-state index is 0.0701. The van der Waals surface area contributed by atoms with Crippen molar-refractivity contribution in [3.8, 4) is 5.75 Å². The number of ether oxygens (including phenoxy) is 1. The van der Waals surface area contributed by atoms with Crippen LogP contribution in [0.1, 0.15) is 69.5 Å². The number of halogens is 2. The molecular weight excluding hydrogens is 709 g/mol. The number of aromatic nitrogens is 2. The van der Waals surface area contributed by atoms with Crippen LogP contribution in [0.4, 0.5) is 4.79 Å². The lowest BCUT2D eigenvalue weighted by Gasteiger charge is -2.47. The largest absolute Gasteiger partial charge is 0.493 e. The summed E-state index contributed by atoms with van der Waals surface area (Å²) in [7, 11) is 0. The van der Waals surface area contributed by atoms with Crippen LogP contribution in [0.3, 0.4) is 0 Å². The average molecular weight is 757 g/mol. The van der Waals surface area contributed by atoms with Gasteiger partial charge in [0.15, 0.2) is 0 Å². The summed E-state index contributed by atoms with van der Waals surface area (Å²) >= 11 is 12.8. The lowest BCUT2D eigenvalue weighted by Crippen LogP contribution is -2.61. The summed E-state index contributed by atoms with van der Waals surface area (Å²) in [5.41, 5.74) is 1.93. The number of benzene rings is 2. The molecule has 10 nitrogen and oxygen atoms in total. The molecule has 2 aromatic heterocycles. The second kappa shape index (κ2) is 15.5. The number of pyridine rings is 2. The van der Waals surface area contributed by atoms with Gasteiger partial charge in [-0.3, -0.25) is 29.6 Å². The highest BCUT2D eigenvalue weighted by Gasteiger charge is 2.60. The fourth-order valence-corrected chi connectivity index (χ4v) is 7.31. The van der Waals surface area contributed by atoms with Gasteiger partial charge in [0.05, 0.1) is 18.7 Å². The highest BCUT2D eigenvalue weighted by atomic mass is 35.5. The van der Waals surface area contributed by atoms with Crippen molar-refractivity contribution < 1.29 is 14.3 Å². The van der Waals surface area contributed by atoms with Crippen LogP contribution in [0.5, 0.6) is 5.75 Å². The van der Waals surface area contributed by atoms with Crippen molar-refractivity contribution in [2.24, 2.45) is 4.99 Å².